The molecular weight excluding hydrogens is 473 g/mol. The third-order valence-electron chi connectivity index (χ3n) is 7.91. The number of benzene rings is 6. The molecule has 2 aliphatic rings. The SMILES string of the molecule is c1ccc(-c2cc3c4c(c2)-c2cc(N(c5ccccc5)c5ccccc5)ccc2B4c2ccccc2O3)cc1. The van der Waals surface area contributed by atoms with Crippen molar-refractivity contribution in [2.45, 2.75) is 0 Å². The quantitative estimate of drug-likeness (QED) is 0.235. The van der Waals surface area contributed by atoms with Gasteiger partial charge in [0, 0.05) is 17.1 Å². The Kier molecular flexibility index (Phi) is 4.96. The van der Waals surface area contributed by atoms with Crippen LogP contribution in [-0.4, -0.2) is 6.71 Å². The lowest BCUT2D eigenvalue weighted by atomic mass is 9.38. The Bertz CT molecular complexity index is 1790. The lowest BCUT2D eigenvalue weighted by Crippen LogP contribution is -2.51. The summed E-state index contributed by atoms with van der Waals surface area (Å²) in [4.78, 5) is 2.33. The van der Waals surface area contributed by atoms with Gasteiger partial charge in [-0.3, -0.25) is 0 Å². The van der Waals surface area contributed by atoms with Gasteiger partial charge in [-0.15, -0.1) is 0 Å². The molecule has 3 heteroatoms. The highest BCUT2D eigenvalue weighted by Crippen LogP contribution is 2.41. The van der Waals surface area contributed by atoms with Crippen molar-refractivity contribution in [3.8, 4) is 33.8 Å². The predicted octanol–water partition coefficient (Wildman–Crippen LogP) is 7.43. The lowest BCUT2D eigenvalue weighted by molar-refractivity contribution is 0.488. The smallest absolute Gasteiger partial charge is 0.252 e. The summed E-state index contributed by atoms with van der Waals surface area (Å²) in [5, 5.41) is 0. The van der Waals surface area contributed by atoms with E-state index in [4.69, 9.17) is 4.74 Å². The molecule has 0 aromatic heterocycles. The van der Waals surface area contributed by atoms with E-state index in [1.165, 1.54) is 38.6 Å². The molecule has 6 aromatic carbocycles. The van der Waals surface area contributed by atoms with Crippen molar-refractivity contribution in [1.29, 1.82) is 0 Å². The van der Waals surface area contributed by atoms with Gasteiger partial charge in [-0.2, -0.15) is 0 Å². The van der Waals surface area contributed by atoms with Crippen LogP contribution in [-0.2, 0) is 0 Å². The van der Waals surface area contributed by atoms with Crippen molar-refractivity contribution < 1.29 is 4.74 Å². The maximum absolute atomic E-state index is 6.57. The van der Waals surface area contributed by atoms with Crippen molar-refractivity contribution in [2.24, 2.45) is 0 Å². The molecule has 0 saturated carbocycles. The third kappa shape index (κ3) is 3.51. The summed E-state index contributed by atoms with van der Waals surface area (Å²) in [6, 6.07) is 51.8. The Morgan fingerprint density at radius 1 is 0.436 bits per heavy atom. The van der Waals surface area contributed by atoms with Crippen LogP contribution in [0.4, 0.5) is 17.1 Å². The molecule has 6 aromatic rings. The van der Waals surface area contributed by atoms with Gasteiger partial charge in [-0.1, -0.05) is 96.5 Å². The Labute approximate surface area is 228 Å². The summed E-state index contributed by atoms with van der Waals surface area (Å²) in [5.74, 6) is 1.90. The summed E-state index contributed by atoms with van der Waals surface area (Å²) in [5.41, 5.74) is 12.1. The largest absolute Gasteiger partial charge is 0.458 e. The minimum atomic E-state index is 0.163. The highest BCUT2D eigenvalue weighted by molar-refractivity contribution is 7.00. The van der Waals surface area contributed by atoms with Crippen LogP contribution in [0.15, 0.2) is 146 Å². The van der Waals surface area contributed by atoms with E-state index in [0.29, 0.717) is 0 Å². The molecule has 0 amide bonds. The highest BCUT2D eigenvalue weighted by atomic mass is 16.5. The zero-order valence-corrected chi connectivity index (χ0v) is 21.3. The molecule has 182 valence electrons. The highest BCUT2D eigenvalue weighted by Gasteiger charge is 2.41. The minimum absolute atomic E-state index is 0.163. The van der Waals surface area contributed by atoms with Gasteiger partial charge in [0.2, 0.25) is 0 Å². The average Bonchev–Trinajstić information content (AvgIpc) is 3.34. The van der Waals surface area contributed by atoms with Crippen molar-refractivity contribution >= 4 is 40.2 Å². The van der Waals surface area contributed by atoms with Crippen molar-refractivity contribution in [2.75, 3.05) is 4.90 Å². The van der Waals surface area contributed by atoms with Gasteiger partial charge in [-0.25, -0.2) is 0 Å². The summed E-state index contributed by atoms with van der Waals surface area (Å²) in [6.07, 6.45) is 0. The molecule has 2 aliphatic heterocycles. The first-order valence-corrected chi connectivity index (χ1v) is 13.4. The van der Waals surface area contributed by atoms with Crippen molar-refractivity contribution in [3.05, 3.63) is 146 Å². The van der Waals surface area contributed by atoms with E-state index in [2.05, 4.69) is 150 Å². The summed E-state index contributed by atoms with van der Waals surface area (Å²) in [7, 11) is 0. The molecule has 0 saturated heterocycles. The van der Waals surface area contributed by atoms with Gasteiger partial charge in [-0.05, 0) is 87.8 Å². The number of rotatable bonds is 4. The first-order valence-electron chi connectivity index (χ1n) is 13.4. The van der Waals surface area contributed by atoms with E-state index in [1.807, 2.05) is 0 Å². The number of fused-ring (bicyclic) bond motifs is 5. The molecule has 39 heavy (non-hydrogen) atoms. The van der Waals surface area contributed by atoms with E-state index in [0.717, 1.165) is 28.6 Å². The molecule has 2 heterocycles. The monoisotopic (exact) mass is 497 g/mol. The molecule has 0 fully saturated rings. The maximum atomic E-state index is 6.57. The summed E-state index contributed by atoms with van der Waals surface area (Å²) >= 11 is 0. The van der Waals surface area contributed by atoms with Crippen molar-refractivity contribution in [1.82, 2.24) is 0 Å². The number of hydrogen-bond donors (Lipinski definition) is 0. The molecule has 2 nitrogen and oxygen atoms in total. The van der Waals surface area contributed by atoms with E-state index in [-0.39, 0.29) is 6.71 Å². The standard InChI is InChI=1S/C36H24BNO/c1-4-12-25(13-5-1)26-22-31-30-24-29(38(27-14-6-2-7-15-27)28-16-8-3-9-17-28)20-21-32(30)37-33-18-10-11-19-34(33)39-35(23-26)36(31)37/h1-24H. The van der Waals surface area contributed by atoms with Gasteiger partial charge in [0.05, 0.1) is 0 Å². The molecule has 0 bridgehead atoms. The molecule has 0 atom stereocenters. The maximum Gasteiger partial charge on any atom is 0.252 e. The van der Waals surface area contributed by atoms with E-state index in [9.17, 15) is 0 Å². The molecule has 0 aliphatic carbocycles. The fourth-order valence-electron chi connectivity index (χ4n) is 6.21. The van der Waals surface area contributed by atoms with Crippen LogP contribution in [0.2, 0.25) is 0 Å². The van der Waals surface area contributed by atoms with Crippen LogP contribution in [0.3, 0.4) is 0 Å². The predicted molar refractivity (Wildman–Crippen MR) is 163 cm³/mol. The Hall–Kier alpha value is -5.02. The normalized spacial score (nSPS) is 12.3. The topological polar surface area (TPSA) is 12.5 Å². The minimum Gasteiger partial charge on any atom is -0.458 e. The zero-order valence-electron chi connectivity index (χ0n) is 21.3. The van der Waals surface area contributed by atoms with E-state index < -0.39 is 0 Å². The second kappa shape index (κ2) is 8.78. The first-order chi connectivity index (χ1) is 19.3. The van der Waals surface area contributed by atoms with Crippen LogP contribution >= 0.6 is 0 Å². The van der Waals surface area contributed by atoms with Crippen LogP contribution in [0, 0.1) is 0 Å². The van der Waals surface area contributed by atoms with Crippen LogP contribution in [0.1, 0.15) is 0 Å². The van der Waals surface area contributed by atoms with Crippen LogP contribution in [0.25, 0.3) is 22.3 Å². The fraction of sp³-hybridized carbons (Fsp3) is 0. The second-order valence-corrected chi connectivity index (χ2v) is 10.2. The lowest BCUT2D eigenvalue weighted by Gasteiger charge is -2.26. The summed E-state index contributed by atoms with van der Waals surface area (Å²) in [6.45, 7) is 0.163. The van der Waals surface area contributed by atoms with Crippen molar-refractivity contribution in [3.63, 3.8) is 0 Å². The first kappa shape index (κ1) is 22.0. The van der Waals surface area contributed by atoms with E-state index in [1.54, 1.807) is 0 Å². The van der Waals surface area contributed by atoms with Gasteiger partial charge in [0.1, 0.15) is 11.5 Å². The Morgan fingerprint density at radius 2 is 1.08 bits per heavy atom. The average molecular weight is 497 g/mol. The van der Waals surface area contributed by atoms with E-state index >= 15 is 0 Å². The van der Waals surface area contributed by atoms with Gasteiger partial charge < -0.3 is 9.64 Å². The van der Waals surface area contributed by atoms with Gasteiger partial charge >= 0.3 is 0 Å². The molecule has 0 N–H and O–H groups in total. The Balaban J connectivity index is 1.37. The molecular formula is C36H24BNO. The second-order valence-electron chi connectivity index (χ2n) is 10.2. The number of para-hydroxylation sites is 3. The Morgan fingerprint density at radius 3 is 1.79 bits per heavy atom. The molecule has 0 spiro atoms. The number of hydrogen-bond acceptors (Lipinski definition) is 2. The van der Waals surface area contributed by atoms with Gasteiger partial charge in [0.15, 0.2) is 0 Å². The number of nitrogens with zero attached hydrogens (tertiary/aromatic N) is 1. The zero-order chi connectivity index (χ0) is 25.8. The molecule has 8 rings (SSSR count). The summed E-state index contributed by atoms with van der Waals surface area (Å²) < 4.78 is 6.57. The van der Waals surface area contributed by atoms with Gasteiger partial charge in [0.25, 0.3) is 6.71 Å². The van der Waals surface area contributed by atoms with Crippen LogP contribution in [0.5, 0.6) is 11.5 Å². The number of anilines is 3. The molecule has 0 radical (unpaired) electrons. The van der Waals surface area contributed by atoms with Crippen LogP contribution < -0.4 is 26.0 Å². The third-order valence-corrected chi connectivity index (χ3v) is 7.91. The fourth-order valence-corrected chi connectivity index (χ4v) is 6.21. The number of ether oxygens (including phenoxy) is 1. The molecule has 0 unspecified atom stereocenters.